The second kappa shape index (κ2) is 12.1. The molecule has 1 aromatic heterocycles. The number of unbranched alkanes of at least 4 members (excludes halogenated alkanes) is 1. The SMILES string of the molecule is CCCCOC(=O)NS(=O)(=O)c1sc(CC(C)C)cc1-c1cccc(CNCC(C)=O)c1. The van der Waals surface area contributed by atoms with E-state index in [1.807, 2.05) is 42.0 Å². The lowest BCUT2D eigenvalue weighted by Gasteiger charge is -2.10. The van der Waals surface area contributed by atoms with E-state index < -0.39 is 16.1 Å². The molecule has 7 nitrogen and oxygen atoms in total. The summed E-state index contributed by atoms with van der Waals surface area (Å²) in [5, 5.41) is 3.07. The van der Waals surface area contributed by atoms with Crippen LogP contribution in [-0.4, -0.2) is 33.4 Å². The Morgan fingerprint density at radius 2 is 1.94 bits per heavy atom. The Morgan fingerprint density at radius 1 is 1.19 bits per heavy atom. The number of amides is 1. The van der Waals surface area contributed by atoms with Crippen LogP contribution in [0.15, 0.2) is 34.5 Å². The van der Waals surface area contributed by atoms with Crippen LogP contribution in [0.3, 0.4) is 0 Å². The molecule has 0 spiro atoms. The number of rotatable bonds is 12. The summed E-state index contributed by atoms with van der Waals surface area (Å²) in [7, 11) is -4.10. The van der Waals surface area contributed by atoms with Crippen LogP contribution < -0.4 is 10.0 Å². The first-order chi connectivity index (χ1) is 15.1. The molecule has 0 radical (unpaired) electrons. The van der Waals surface area contributed by atoms with Gasteiger partial charge < -0.3 is 10.1 Å². The number of ketones is 1. The molecule has 176 valence electrons. The number of sulfonamides is 1. The molecule has 0 aliphatic rings. The van der Waals surface area contributed by atoms with Crippen molar-refractivity contribution in [3.63, 3.8) is 0 Å². The molecule has 0 unspecified atom stereocenters. The Balaban J connectivity index is 2.35. The summed E-state index contributed by atoms with van der Waals surface area (Å²) in [6.07, 6.45) is 1.27. The fraction of sp³-hybridized carbons (Fsp3) is 0.478. The summed E-state index contributed by atoms with van der Waals surface area (Å²) in [6.45, 7) is 8.53. The maximum Gasteiger partial charge on any atom is 0.421 e. The van der Waals surface area contributed by atoms with Crippen LogP contribution in [0.5, 0.6) is 0 Å². The summed E-state index contributed by atoms with van der Waals surface area (Å²) in [6, 6.07) is 9.38. The van der Waals surface area contributed by atoms with Gasteiger partial charge in [0.05, 0.1) is 13.2 Å². The van der Waals surface area contributed by atoms with Crippen molar-refractivity contribution < 1.29 is 22.7 Å². The van der Waals surface area contributed by atoms with Crippen LogP contribution in [0.4, 0.5) is 4.79 Å². The highest BCUT2D eigenvalue weighted by Crippen LogP contribution is 2.36. The summed E-state index contributed by atoms with van der Waals surface area (Å²) >= 11 is 1.17. The van der Waals surface area contributed by atoms with Crippen molar-refractivity contribution in [3.8, 4) is 11.1 Å². The number of Topliss-reactive ketones (excluding diaryl/α,β-unsaturated/α-hetero) is 1. The summed E-state index contributed by atoms with van der Waals surface area (Å²) < 4.78 is 33.2. The number of nitrogens with one attached hydrogen (secondary N) is 2. The predicted molar refractivity (Wildman–Crippen MR) is 127 cm³/mol. The zero-order valence-corrected chi connectivity index (χ0v) is 20.7. The molecule has 2 rings (SSSR count). The zero-order valence-electron chi connectivity index (χ0n) is 19.1. The Bertz CT molecular complexity index is 1030. The highest BCUT2D eigenvalue weighted by Gasteiger charge is 2.26. The van der Waals surface area contributed by atoms with Crippen molar-refractivity contribution in [1.29, 1.82) is 0 Å². The molecule has 0 aliphatic carbocycles. The minimum Gasteiger partial charge on any atom is -0.449 e. The van der Waals surface area contributed by atoms with Crippen LogP contribution in [0.25, 0.3) is 11.1 Å². The largest absolute Gasteiger partial charge is 0.449 e. The second-order valence-electron chi connectivity index (χ2n) is 8.11. The van der Waals surface area contributed by atoms with Crippen LogP contribution in [-0.2, 0) is 32.5 Å². The van der Waals surface area contributed by atoms with E-state index in [-0.39, 0.29) is 23.1 Å². The van der Waals surface area contributed by atoms with Crippen molar-refractivity contribution in [3.05, 3.63) is 40.8 Å². The van der Waals surface area contributed by atoms with Crippen LogP contribution in [0.2, 0.25) is 0 Å². The van der Waals surface area contributed by atoms with Gasteiger partial charge in [-0.3, -0.25) is 4.79 Å². The van der Waals surface area contributed by atoms with Crippen LogP contribution in [0, 0.1) is 5.92 Å². The van der Waals surface area contributed by atoms with Crippen molar-refractivity contribution in [1.82, 2.24) is 10.0 Å². The normalized spacial score (nSPS) is 11.5. The minimum absolute atomic E-state index is 0.0441. The average Bonchev–Trinajstić information content (AvgIpc) is 3.12. The van der Waals surface area contributed by atoms with E-state index in [1.54, 1.807) is 0 Å². The minimum atomic E-state index is -4.10. The Labute approximate surface area is 194 Å². The smallest absolute Gasteiger partial charge is 0.421 e. The van der Waals surface area contributed by atoms with Crippen molar-refractivity contribution >= 4 is 33.2 Å². The quantitative estimate of drug-likeness (QED) is 0.434. The zero-order chi connectivity index (χ0) is 23.7. The van der Waals surface area contributed by atoms with E-state index in [1.165, 1.54) is 18.3 Å². The third-order valence-electron chi connectivity index (χ3n) is 4.49. The molecule has 9 heteroatoms. The Hall–Kier alpha value is -2.23. The molecule has 1 heterocycles. The molecule has 32 heavy (non-hydrogen) atoms. The van der Waals surface area contributed by atoms with E-state index in [0.717, 1.165) is 28.8 Å². The summed E-state index contributed by atoms with van der Waals surface area (Å²) in [5.41, 5.74) is 2.21. The summed E-state index contributed by atoms with van der Waals surface area (Å²) in [4.78, 5) is 24.1. The highest BCUT2D eigenvalue weighted by atomic mass is 32.2. The molecule has 2 aromatic rings. The van der Waals surface area contributed by atoms with Gasteiger partial charge >= 0.3 is 6.09 Å². The highest BCUT2D eigenvalue weighted by molar-refractivity contribution is 7.92. The number of carbonyl (C=O) groups is 2. The Kier molecular flexibility index (Phi) is 9.86. The fourth-order valence-electron chi connectivity index (χ4n) is 3.05. The average molecular weight is 481 g/mol. The molecule has 0 aliphatic heterocycles. The van der Waals surface area contributed by atoms with Crippen molar-refractivity contribution in [2.75, 3.05) is 13.2 Å². The predicted octanol–water partition coefficient (Wildman–Crippen LogP) is 4.51. The van der Waals surface area contributed by atoms with Gasteiger partial charge in [0, 0.05) is 17.0 Å². The topological polar surface area (TPSA) is 102 Å². The molecule has 0 bridgehead atoms. The third-order valence-corrected chi connectivity index (χ3v) is 7.50. The number of hydrogen-bond acceptors (Lipinski definition) is 7. The number of hydrogen-bond donors (Lipinski definition) is 2. The lowest BCUT2D eigenvalue weighted by molar-refractivity contribution is -0.116. The first-order valence-electron chi connectivity index (χ1n) is 10.7. The third kappa shape index (κ3) is 8.03. The number of carbonyl (C=O) groups excluding carboxylic acids is 2. The molecule has 1 amide bonds. The van der Waals surface area contributed by atoms with Crippen molar-refractivity contribution in [2.24, 2.45) is 5.92 Å². The van der Waals surface area contributed by atoms with Gasteiger partial charge in [-0.05, 0) is 48.9 Å². The van der Waals surface area contributed by atoms with E-state index in [4.69, 9.17) is 4.74 Å². The maximum absolute atomic E-state index is 13.0. The van der Waals surface area contributed by atoms with Gasteiger partial charge in [-0.1, -0.05) is 45.4 Å². The first kappa shape index (κ1) is 26.0. The van der Waals surface area contributed by atoms with Gasteiger partial charge in [-0.15, -0.1) is 11.3 Å². The second-order valence-corrected chi connectivity index (χ2v) is 11.1. The lowest BCUT2D eigenvalue weighted by Crippen LogP contribution is -2.31. The van der Waals surface area contributed by atoms with E-state index in [2.05, 4.69) is 19.2 Å². The van der Waals surface area contributed by atoms with Gasteiger partial charge in [0.2, 0.25) is 0 Å². The van der Waals surface area contributed by atoms with Crippen molar-refractivity contribution in [2.45, 2.75) is 57.7 Å². The van der Waals surface area contributed by atoms with Gasteiger partial charge in [0.1, 0.15) is 9.99 Å². The molecular formula is C23H32N2O5S2. The molecule has 0 fully saturated rings. The summed E-state index contributed by atoms with van der Waals surface area (Å²) in [5.74, 6) is 0.397. The van der Waals surface area contributed by atoms with Gasteiger partial charge in [-0.2, -0.15) is 0 Å². The number of thiophene rings is 1. The lowest BCUT2D eigenvalue weighted by atomic mass is 10.0. The molecule has 1 aromatic carbocycles. The van der Waals surface area contributed by atoms with E-state index in [0.29, 0.717) is 24.4 Å². The molecule has 0 saturated heterocycles. The van der Waals surface area contributed by atoms with Gasteiger partial charge in [-0.25, -0.2) is 17.9 Å². The van der Waals surface area contributed by atoms with E-state index >= 15 is 0 Å². The molecule has 2 N–H and O–H groups in total. The fourth-order valence-corrected chi connectivity index (χ4v) is 5.89. The van der Waals surface area contributed by atoms with Crippen LogP contribution in [0.1, 0.15) is 51.0 Å². The molecule has 0 atom stereocenters. The monoisotopic (exact) mass is 480 g/mol. The van der Waals surface area contributed by atoms with Gasteiger partial charge in [0.15, 0.2) is 0 Å². The van der Waals surface area contributed by atoms with Crippen LogP contribution >= 0.6 is 11.3 Å². The standard InChI is InChI=1S/C23H32N2O5S2/c1-5-6-10-30-23(27)25-32(28,29)22-21(13-20(31-22)11-16(2)3)19-9-7-8-18(12-19)15-24-14-17(4)26/h7-9,12-13,16,24H,5-6,10-11,14-15H2,1-4H3,(H,25,27). The molecule has 0 saturated carbocycles. The number of ether oxygens (including phenoxy) is 1. The Morgan fingerprint density at radius 3 is 2.59 bits per heavy atom. The molecular weight excluding hydrogens is 448 g/mol. The first-order valence-corrected chi connectivity index (χ1v) is 13.0. The van der Waals surface area contributed by atoms with Gasteiger partial charge in [0.25, 0.3) is 10.0 Å². The maximum atomic E-state index is 13.0. The van der Waals surface area contributed by atoms with E-state index in [9.17, 15) is 18.0 Å². The number of benzene rings is 1.